The third kappa shape index (κ3) is 38.0. The molecule has 0 aromatic carbocycles. The summed E-state index contributed by atoms with van der Waals surface area (Å²) in [5.41, 5.74) is 0.497. The number of hydrogen-bond acceptors (Lipinski definition) is 12. The van der Waals surface area contributed by atoms with Crippen molar-refractivity contribution in [2.75, 3.05) is 52.4 Å². The highest BCUT2D eigenvalue weighted by molar-refractivity contribution is 5.88. The highest BCUT2D eigenvalue weighted by Crippen LogP contribution is 2.40. The van der Waals surface area contributed by atoms with Crippen LogP contribution in [0.1, 0.15) is 434 Å². The normalized spacial score (nSPS) is 20.1. The number of carbonyl (C=O) groups is 4. The zero-order chi connectivity index (χ0) is 79.7. The molecule has 634 valence electrons. The second-order valence-corrected chi connectivity index (χ2v) is 39.9. The van der Waals surface area contributed by atoms with Crippen molar-refractivity contribution in [1.82, 2.24) is 19.6 Å². The molecule has 12 nitrogen and oxygen atoms in total. The van der Waals surface area contributed by atoms with Gasteiger partial charge in [-0.1, -0.05) is 316 Å². The summed E-state index contributed by atoms with van der Waals surface area (Å²) in [6.07, 6.45) is 50.0. The largest absolute Gasteiger partial charge is 0.462 e. The fourth-order valence-electron chi connectivity index (χ4n) is 19.0. The fourth-order valence-corrected chi connectivity index (χ4v) is 19.0. The first-order valence-corrected chi connectivity index (χ1v) is 47.1. The third-order valence-electron chi connectivity index (χ3n) is 28.9. The summed E-state index contributed by atoms with van der Waals surface area (Å²) < 4.78 is 26.1. The molecule has 4 aliphatic heterocycles. The molecule has 0 amide bonds. The first-order valence-electron chi connectivity index (χ1n) is 47.1. The molecular weight excluding hydrogens is 1340 g/mol. The van der Waals surface area contributed by atoms with E-state index in [1.165, 1.54) is 231 Å². The van der Waals surface area contributed by atoms with E-state index in [4.69, 9.17) is 18.9 Å². The van der Waals surface area contributed by atoms with Crippen molar-refractivity contribution in [3.05, 3.63) is 0 Å². The minimum Gasteiger partial charge on any atom is -0.462 e. The lowest BCUT2D eigenvalue weighted by Gasteiger charge is -2.44. The standard InChI is InChI=1S/C96H182N4O8/c1-21-25-29-33-37-45-75(5)49-41-61-93(13,14)79(9)97-65-53-83(54-66-97)105-89(101)73-87(91(103)107-85-57-69-99(70-58-85)81(11)95(17,18)63-43-51-77(7)47-39-35-31-27-23-3)88(92(104)108-86-59-71-100(72-60-86)82(12)96(19,20)64-44-52-78(8)48-40-36-32-28-24-4)74-90(102)106-84-55-67-98(68-56-84)80(10)94(15,16)62-42-50-76(6)46-38-34-30-26-22-2/h75-88H,21-74H2,1-20H3. The quantitative estimate of drug-likeness (QED) is 0.0328. The van der Waals surface area contributed by atoms with Crippen LogP contribution in [0.2, 0.25) is 0 Å². The lowest BCUT2D eigenvalue weighted by atomic mass is 9.78. The summed E-state index contributed by atoms with van der Waals surface area (Å²) in [4.78, 5) is 70.9. The number of piperidine rings is 4. The Hall–Kier alpha value is -2.28. The minimum atomic E-state index is -1.29. The van der Waals surface area contributed by atoms with E-state index in [0.717, 1.165) is 76.0 Å². The van der Waals surface area contributed by atoms with Crippen LogP contribution in [-0.4, -0.2) is 144 Å². The van der Waals surface area contributed by atoms with Gasteiger partial charge >= 0.3 is 23.9 Å². The van der Waals surface area contributed by atoms with Crippen LogP contribution in [-0.2, 0) is 38.1 Å². The third-order valence-corrected chi connectivity index (χ3v) is 28.9. The monoisotopic (exact) mass is 1520 g/mol. The van der Waals surface area contributed by atoms with E-state index in [0.29, 0.717) is 75.5 Å². The van der Waals surface area contributed by atoms with Crippen molar-refractivity contribution in [1.29, 1.82) is 0 Å². The lowest BCUT2D eigenvalue weighted by molar-refractivity contribution is -0.176. The molecule has 0 bridgehead atoms. The molecule has 10 unspecified atom stereocenters. The van der Waals surface area contributed by atoms with Crippen LogP contribution in [0.5, 0.6) is 0 Å². The van der Waals surface area contributed by atoms with Crippen LogP contribution >= 0.6 is 0 Å². The number of rotatable bonds is 59. The van der Waals surface area contributed by atoms with Gasteiger partial charge in [-0.3, -0.25) is 38.8 Å². The van der Waals surface area contributed by atoms with Crippen molar-refractivity contribution in [3.63, 3.8) is 0 Å². The fraction of sp³-hybridized carbons (Fsp3) is 0.958. The summed E-state index contributed by atoms with van der Waals surface area (Å²) in [6, 6.07) is 1.42. The molecule has 4 saturated heterocycles. The van der Waals surface area contributed by atoms with Gasteiger partial charge < -0.3 is 18.9 Å². The molecule has 0 radical (unpaired) electrons. The SMILES string of the molecule is CCCCCCCC(C)CCCC(C)(C)C(C)N1CCC(OC(=O)CC(C(=O)OC2CCN(C(C)C(C)(C)CCCC(C)CCCCCCC)CC2)C(CC(=O)OC2CCN(C(C)C(C)(C)CCCC(C)CCCCCCC)CC2)C(=O)OC2CCN(C(C)C(C)(C)CCCC(C)CCCCCCC)CC2)CC1. The molecule has 10 atom stereocenters. The Kier molecular flexibility index (Phi) is 48.2. The van der Waals surface area contributed by atoms with Gasteiger partial charge in [-0.15, -0.1) is 0 Å². The molecule has 0 saturated carbocycles. The predicted octanol–water partition coefficient (Wildman–Crippen LogP) is 25.4. The van der Waals surface area contributed by atoms with E-state index < -0.39 is 47.9 Å². The number of esters is 4. The molecule has 0 aromatic heterocycles. The Morgan fingerprint density at radius 2 is 0.463 bits per heavy atom. The van der Waals surface area contributed by atoms with Crippen LogP contribution < -0.4 is 0 Å². The zero-order valence-electron chi connectivity index (χ0n) is 75.3. The predicted molar refractivity (Wildman–Crippen MR) is 457 cm³/mol. The van der Waals surface area contributed by atoms with Crippen LogP contribution in [0.4, 0.5) is 0 Å². The van der Waals surface area contributed by atoms with Gasteiger partial charge in [0, 0.05) is 76.5 Å². The molecule has 4 rings (SSSR count). The Labute approximate surface area is 670 Å². The van der Waals surface area contributed by atoms with Crippen LogP contribution in [0, 0.1) is 57.2 Å². The summed E-state index contributed by atoms with van der Waals surface area (Å²) in [5, 5.41) is 0. The Bertz CT molecular complexity index is 2180. The van der Waals surface area contributed by atoms with Crippen LogP contribution in [0.25, 0.3) is 0 Å². The molecule has 108 heavy (non-hydrogen) atoms. The Morgan fingerprint density at radius 1 is 0.278 bits per heavy atom. The first kappa shape index (κ1) is 98.1. The van der Waals surface area contributed by atoms with Gasteiger partial charge in [0.25, 0.3) is 0 Å². The Morgan fingerprint density at radius 3 is 0.667 bits per heavy atom. The maximum absolute atomic E-state index is 15.4. The number of hydrogen-bond donors (Lipinski definition) is 0. The van der Waals surface area contributed by atoms with E-state index in [1.807, 2.05) is 0 Å². The summed E-state index contributed by atoms with van der Waals surface area (Å²) in [5.74, 6) is -1.85. The molecule has 0 N–H and O–H groups in total. The van der Waals surface area contributed by atoms with Gasteiger partial charge in [0.2, 0.25) is 0 Å². The molecule has 0 aromatic rings. The average molecular weight is 1520 g/mol. The summed E-state index contributed by atoms with van der Waals surface area (Å²) >= 11 is 0. The zero-order valence-corrected chi connectivity index (χ0v) is 75.3. The molecule has 4 heterocycles. The molecule has 0 aliphatic carbocycles. The molecule has 4 fully saturated rings. The van der Waals surface area contributed by atoms with Gasteiger partial charge in [-0.05, 0) is 150 Å². The lowest BCUT2D eigenvalue weighted by Crippen LogP contribution is -2.49. The van der Waals surface area contributed by atoms with E-state index in [2.05, 4.69) is 158 Å². The summed E-state index contributed by atoms with van der Waals surface area (Å²) in [7, 11) is 0. The topological polar surface area (TPSA) is 118 Å². The smallest absolute Gasteiger partial charge is 0.310 e. The molecule has 0 spiro atoms. The van der Waals surface area contributed by atoms with Crippen molar-refractivity contribution in [2.24, 2.45) is 57.2 Å². The van der Waals surface area contributed by atoms with Gasteiger partial charge in [0.15, 0.2) is 0 Å². The second-order valence-electron chi connectivity index (χ2n) is 39.9. The van der Waals surface area contributed by atoms with Crippen molar-refractivity contribution < 1.29 is 38.1 Å². The number of unbranched alkanes of at least 4 members (excludes halogenated alkanes) is 16. The maximum atomic E-state index is 15.4. The first-order chi connectivity index (χ1) is 51.4. The van der Waals surface area contributed by atoms with Gasteiger partial charge in [-0.2, -0.15) is 0 Å². The molecule has 4 aliphatic rings. The average Bonchev–Trinajstić information content (AvgIpc) is 0.844. The van der Waals surface area contributed by atoms with Gasteiger partial charge in [0.05, 0.1) is 24.7 Å². The van der Waals surface area contributed by atoms with E-state index in [-0.39, 0.29) is 46.7 Å². The second kappa shape index (κ2) is 53.1. The minimum absolute atomic E-state index is 0.114. The number of carbonyl (C=O) groups excluding carboxylic acids is 4. The van der Waals surface area contributed by atoms with E-state index >= 15 is 9.59 Å². The highest BCUT2D eigenvalue weighted by Gasteiger charge is 2.45. The van der Waals surface area contributed by atoms with Crippen LogP contribution in [0.3, 0.4) is 0 Å². The number of nitrogens with zero attached hydrogens (tertiary/aromatic N) is 4. The molecular formula is C96H182N4O8. The van der Waals surface area contributed by atoms with Gasteiger partial charge in [-0.25, -0.2) is 0 Å². The number of likely N-dealkylation sites (tertiary alicyclic amines) is 4. The summed E-state index contributed by atoms with van der Waals surface area (Å²) in [6.45, 7) is 54.2. The van der Waals surface area contributed by atoms with Gasteiger partial charge in [0.1, 0.15) is 24.4 Å². The highest BCUT2D eigenvalue weighted by atomic mass is 16.6. The maximum Gasteiger partial charge on any atom is 0.310 e. The van der Waals surface area contributed by atoms with E-state index in [9.17, 15) is 9.59 Å². The molecule has 12 heteroatoms. The van der Waals surface area contributed by atoms with Crippen molar-refractivity contribution >= 4 is 23.9 Å². The van der Waals surface area contributed by atoms with Crippen molar-refractivity contribution in [3.8, 4) is 0 Å². The Balaban J connectivity index is 1.54. The van der Waals surface area contributed by atoms with E-state index in [1.54, 1.807) is 0 Å². The van der Waals surface area contributed by atoms with Crippen LogP contribution in [0.15, 0.2) is 0 Å². The van der Waals surface area contributed by atoms with Crippen molar-refractivity contribution in [2.45, 2.75) is 482 Å². The number of ether oxygens (including phenoxy) is 4.